The zero-order valence-corrected chi connectivity index (χ0v) is 10.2. The molecule has 0 spiro atoms. The summed E-state index contributed by atoms with van der Waals surface area (Å²) in [7, 11) is 0.767. The summed E-state index contributed by atoms with van der Waals surface area (Å²) in [6, 6.07) is 0.803. The summed E-state index contributed by atoms with van der Waals surface area (Å²) in [5.74, 6) is 0. The molecule has 0 bridgehead atoms. The Hall–Kier alpha value is -0.203. The van der Waals surface area contributed by atoms with Gasteiger partial charge in [-0.1, -0.05) is 19.4 Å². The minimum Gasteiger partial charge on any atom is -0.377 e. The van der Waals surface area contributed by atoms with E-state index in [0.29, 0.717) is 6.61 Å². The predicted molar refractivity (Wildman–Crippen MR) is 57.0 cm³/mol. The summed E-state index contributed by atoms with van der Waals surface area (Å²) < 4.78 is 21.2. The van der Waals surface area contributed by atoms with Crippen LogP contribution in [0.4, 0.5) is 0 Å². The Morgan fingerprint density at radius 1 is 1.29 bits per heavy atom. The molecule has 0 aliphatic carbocycles. The lowest BCUT2D eigenvalue weighted by molar-refractivity contribution is -0.0232. The summed E-state index contributed by atoms with van der Waals surface area (Å²) in [5, 5.41) is 0. The fourth-order valence-electron chi connectivity index (χ4n) is 1.05. The van der Waals surface area contributed by atoms with Crippen LogP contribution in [-0.4, -0.2) is 36.4 Å². The zero-order chi connectivity index (χ0) is 10.9. The van der Waals surface area contributed by atoms with Crippen molar-refractivity contribution in [2.24, 2.45) is 0 Å². The molecule has 0 rings (SSSR count). The van der Waals surface area contributed by atoms with Crippen molar-refractivity contribution in [1.29, 1.82) is 0 Å². The van der Waals surface area contributed by atoms with E-state index in [9.17, 15) is 0 Å². The van der Waals surface area contributed by atoms with Crippen LogP contribution >= 0.6 is 0 Å². The van der Waals surface area contributed by atoms with Crippen LogP contribution in [-0.2, 0) is 18.0 Å². The molecule has 0 unspecified atom stereocenters. The minimum absolute atomic E-state index is 0.194. The van der Waals surface area contributed by atoms with E-state index in [1.807, 2.05) is 0 Å². The molecule has 0 aromatic heterocycles. The fourth-order valence-corrected chi connectivity index (χ4v) is 2.88. The van der Waals surface area contributed by atoms with Gasteiger partial charge in [-0.25, -0.2) is 0 Å². The molecule has 0 aromatic rings. The average molecular weight is 220 g/mol. The number of hydrogen-bond acceptors (Lipinski definition) is 4. The van der Waals surface area contributed by atoms with E-state index in [4.69, 9.17) is 18.0 Å². The van der Waals surface area contributed by atoms with Crippen molar-refractivity contribution >= 4 is 8.80 Å². The second-order valence-electron chi connectivity index (χ2n) is 2.76. The zero-order valence-electron chi connectivity index (χ0n) is 9.25. The number of ether oxygens (including phenoxy) is 1. The van der Waals surface area contributed by atoms with Crippen LogP contribution in [0.5, 0.6) is 0 Å². The molecule has 0 N–H and O–H groups in total. The van der Waals surface area contributed by atoms with Gasteiger partial charge in [-0.15, -0.1) is 6.58 Å². The summed E-state index contributed by atoms with van der Waals surface area (Å²) in [6.07, 6.45) is 2.64. The van der Waals surface area contributed by atoms with Crippen molar-refractivity contribution in [2.75, 3.05) is 27.6 Å². The highest BCUT2D eigenvalue weighted by atomic mass is 28.4. The van der Waals surface area contributed by atoms with Crippen molar-refractivity contribution in [3.63, 3.8) is 0 Å². The summed E-state index contributed by atoms with van der Waals surface area (Å²) >= 11 is 0. The first-order valence-electron chi connectivity index (χ1n) is 4.67. The molecule has 0 atom stereocenters. The normalized spacial score (nSPS) is 11.6. The Morgan fingerprint density at radius 2 is 1.93 bits per heavy atom. The van der Waals surface area contributed by atoms with Gasteiger partial charge >= 0.3 is 8.80 Å². The van der Waals surface area contributed by atoms with E-state index in [2.05, 4.69) is 13.5 Å². The van der Waals surface area contributed by atoms with Gasteiger partial charge in [-0.2, -0.15) is 0 Å². The number of hydrogen-bond donors (Lipinski definition) is 0. The smallest absolute Gasteiger partial charge is 0.377 e. The highest BCUT2D eigenvalue weighted by Crippen LogP contribution is 2.15. The molecule has 0 saturated heterocycles. The van der Waals surface area contributed by atoms with Gasteiger partial charge in [-0.05, 0) is 0 Å². The molecule has 14 heavy (non-hydrogen) atoms. The lowest BCUT2D eigenvalue weighted by atomic mass is 10.6. The van der Waals surface area contributed by atoms with Gasteiger partial charge in [0.2, 0.25) is 0 Å². The van der Waals surface area contributed by atoms with Crippen LogP contribution in [0.1, 0.15) is 13.3 Å². The molecular weight excluding hydrogens is 200 g/mol. The minimum atomic E-state index is -2.45. The largest absolute Gasteiger partial charge is 0.502 e. The third-order valence-electron chi connectivity index (χ3n) is 1.78. The van der Waals surface area contributed by atoms with E-state index < -0.39 is 8.80 Å². The maximum Gasteiger partial charge on any atom is 0.502 e. The van der Waals surface area contributed by atoms with Gasteiger partial charge in [0.15, 0.2) is 0 Å². The Kier molecular flexibility index (Phi) is 8.02. The van der Waals surface area contributed by atoms with Crippen LogP contribution < -0.4 is 0 Å². The van der Waals surface area contributed by atoms with Crippen LogP contribution in [0, 0.1) is 0 Å². The first kappa shape index (κ1) is 13.8. The molecule has 0 radical (unpaired) electrons. The van der Waals surface area contributed by atoms with Crippen molar-refractivity contribution in [3.8, 4) is 0 Å². The highest BCUT2D eigenvalue weighted by Gasteiger charge is 2.37. The lowest BCUT2D eigenvalue weighted by Gasteiger charge is -2.25. The second kappa shape index (κ2) is 8.13. The monoisotopic (exact) mass is 220 g/mol. The molecule has 0 aliphatic rings. The molecule has 0 aliphatic heterocycles. The quantitative estimate of drug-likeness (QED) is 0.257. The molecule has 0 saturated carbocycles. The van der Waals surface area contributed by atoms with Crippen molar-refractivity contribution < 1.29 is 18.0 Å². The van der Waals surface area contributed by atoms with Crippen molar-refractivity contribution in [2.45, 2.75) is 19.4 Å². The van der Waals surface area contributed by atoms with Crippen molar-refractivity contribution in [1.82, 2.24) is 0 Å². The van der Waals surface area contributed by atoms with Gasteiger partial charge in [0.1, 0.15) is 6.79 Å². The maximum atomic E-state index is 5.50. The third kappa shape index (κ3) is 4.87. The molecular formula is C9H20O4Si. The third-order valence-corrected chi connectivity index (χ3v) is 4.69. The van der Waals surface area contributed by atoms with Gasteiger partial charge in [0, 0.05) is 20.3 Å². The first-order chi connectivity index (χ1) is 6.74. The molecule has 0 fully saturated rings. The van der Waals surface area contributed by atoms with Crippen LogP contribution in [0.25, 0.3) is 0 Å². The summed E-state index contributed by atoms with van der Waals surface area (Å²) in [5.41, 5.74) is 0. The summed E-state index contributed by atoms with van der Waals surface area (Å²) in [6.45, 7) is 6.27. The van der Waals surface area contributed by atoms with Gasteiger partial charge in [0.25, 0.3) is 0 Å². The van der Waals surface area contributed by atoms with E-state index in [0.717, 1.165) is 12.5 Å². The molecule has 5 heteroatoms. The number of rotatable bonds is 9. The first-order valence-corrected chi connectivity index (χ1v) is 6.60. The van der Waals surface area contributed by atoms with Crippen molar-refractivity contribution in [3.05, 3.63) is 12.7 Å². The van der Waals surface area contributed by atoms with Gasteiger partial charge in [-0.3, -0.25) is 0 Å². The highest BCUT2D eigenvalue weighted by molar-refractivity contribution is 6.60. The van der Waals surface area contributed by atoms with Gasteiger partial charge < -0.3 is 18.0 Å². The molecule has 4 nitrogen and oxygen atoms in total. The topological polar surface area (TPSA) is 36.9 Å². The predicted octanol–water partition coefficient (Wildman–Crippen LogP) is 1.80. The van der Waals surface area contributed by atoms with E-state index in [-0.39, 0.29) is 6.79 Å². The molecule has 0 amide bonds. The molecule has 84 valence electrons. The maximum absolute atomic E-state index is 5.50. The second-order valence-corrected chi connectivity index (χ2v) is 5.73. The lowest BCUT2D eigenvalue weighted by Crippen LogP contribution is -2.44. The summed E-state index contributed by atoms with van der Waals surface area (Å²) in [4.78, 5) is 0. The van der Waals surface area contributed by atoms with Gasteiger partial charge in [0.05, 0.1) is 6.61 Å². The Morgan fingerprint density at radius 3 is 2.36 bits per heavy atom. The van der Waals surface area contributed by atoms with E-state index in [1.54, 1.807) is 20.3 Å². The molecule has 0 aromatic carbocycles. The fraction of sp³-hybridized carbons (Fsp3) is 0.778. The van der Waals surface area contributed by atoms with E-state index >= 15 is 0 Å². The Balaban J connectivity index is 3.87. The Bertz CT molecular complexity index is 148. The van der Waals surface area contributed by atoms with E-state index in [1.165, 1.54) is 0 Å². The Labute approximate surface area is 87.2 Å². The van der Waals surface area contributed by atoms with Crippen LogP contribution in [0.3, 0.4) is 0 Å². The SMILES string of the molecule is C=CCOCO[Si](CCC)(OC)OC. The average Bonchev–Trinajstić information content (AvgIpc) is 2.23. The molecule has 0 heterocycles. The van der Waals surface area contributed by atoms with Crippen LogP contribution in [0.2, 0.25) is 6.04 Å². The van der Waals surface area contributed by atoms with Crippen LogP contribution in [0.15, 0.2) is 12.7 Å². The standard InChI is InChI=1S/C9H20O4Si/c1-5-7-12-9-13-14(10-3,11-4)8-6-2/h5H,1,6-9H2,2-4H3.